The van der Waals surface area contributed by atoms with E-state index in [0.717, 1.165) is 0 Å². The summed E-state index contributed by atoms with van der Waals surface area (Å²) in [7, 11) is -4.13. The Bertz CT molecular complexity index is 1210. The fraction of sp³-hybridized carbons (Fsp3) is 0.0455. The lowest BCUT2D eigenvalue weighted by Gasteiger charge is -2.10. The molecule has 0 saturated heterocycles. The molecule has 31 heavy (non-hydrogen) atoms. The number of anilines is 1. The van der Waals surface area contributed by atoms with Crippen molar-refractivity contribution in [2.75, 3.05) is 5.32 Å². The van der Waals surface area contributed by atoms with Crippen LogP contribution in [0.3, 0.4) is 0 Å². The Morgan fingerprint density at radius 1 is 0.903 bits per heavy atom. The number of amides is 2. The highest BCUT2D eigenvalue weighted by atomic mass is 32.2. The third-order valence-corrected chi connectivity index (χ3v) is 5.24. The Kier molecular flexibility index (Phi) is 6.78. The van der Waals surface area contributed by atoms with Gasteiger partial charge in [-0.25, -0.2) is 5.43 Å². The zero-order valence-electron chi connectivity index (χ0n) is 16.5. The van der Waals surface area contributed by atoms with Gasteiger partial charge in [0.1, 0.15) is 4.90 Å². The summed E-state index contributed by atoms with van der Waals surface area (Å²) in [6, 6.07) is 20.5. The first-order valence-corrected chi connectivity index (χ1v) is 10.6. The Labute approximate surface area is 179 Å². The predicted molar refractivity (Wildman–Crippen MR) is 117 cm³/mol. The van der Waals surface area contributed by atoms with Gasteiger partial charge in [-0.2, -0.15) is 13.5 Å². The first kappa shape index (κ1) is 21.7. The maximum Gasteiger partial charge on any atom is 0.339 e. The molecule has 158 valence electrons. The van der Waals surface area contributed by atoms with E-state index in [-0.39, 0.29) is 16.6 Å². The monoisotopic (exact) mass is 437 g/mol. The van der Waals surface area contributed by atoms with Gasteiger partial charge in [0.15, 0.2) is 5.75 Å². The Hall–Kier alpha value is -3.98. The molecular weight excluding hydrogens is 418 g/mol. The molecule has 0 unspecified atom stereocenters. The van der Waals surface area contributed by atoms with Crippen LogP contribution in [0.5, 0.6) is 5.75 Å². The van der Waals surface area contributed by atoms with Gasteiger partial charge < -0.3 is 9.50 Å². The minimum atomic E-state index is -4.13. The lowest BCUT2D eigenvalue weighted by Crippen LogP contribution is -2.17. The largest absolute Gasteiger partial charge is 0.378 e. The third-order valence-electron chi connectivity index (χ3n) is 3.99. The van der Waals surface area contributed by atoms with Gasteiger partial charge in [-0.1, -0.05) is 30.3 Å². The van der Waals surface area contributed by atoms with Crippen molar-refractivity contribution >= 4 is 33.8 Å². The van der Waals surface area contributed by atoms with Crippen LogP contribution in [-0.4, -0.2) is 26.4 Å². The zero-order chi connectivity index (χ0) is 22.3. The molecule has 0 fully saturated rings. The average molecular weight is 437 g/mol. The molecular formula is C22H19N3O5S. The highest BCUT2D eigenvalue weighted by Crippen LogP contribution is 2.23. The molecule has 0 radical (unpaired) electrons. The number of hydrogen-bond donors (Lipinski definition) is 2. The van der Waals surface area contributed by atoms with E-state index in [0.29, 0.717) is 16.8 Å². The van der Waals surface area contributed by atoms with Gasteiger partial charge in [0, 0.05) is 23.7 Å². The second-order valence-electron chi connectivity index (χ2n) is 6.35. The van der Waals surface area contributed by atoms with Crippen LogP contribution in [0.2, 0.25) is 0 Å². The number of nitrogens with one attached hydrogen (secondary N) is 2. The van der Waals surface area contributed by atoms with Gasteiger partial charge in [0.05, 0.1) is 6.21 Å². The van der Waals surface area contributed by atoms with Crippen molar-refractivity contribution in [2.45, 2.75) is 11.8 Å². The number of carbonyl (C=O) groups is 2. The SMILES string of the molecule is CC(=O)Nc1ccc(S(=O)(=O)Oc2ccccc2/C=N\NC(=O)c2ccccc2)cc1. The van der Waals surface area contributed by atoms with Crippen molar-refractivity contribution in [1.82, 2.24) is 5.43 Å². The molecule has 3 aromatic carbocycles. The quantitative estimate of drug-likeness (QED) is 0.335. The number of hydrazone groups is 1. The lowest BCUT2D eigenvalue weighted by molar-refractivity contribution is -0.114. The topological polar surface area (TPSA) is 114 Å². The van der Waals surface area contributed by atoms with E-state index in [1.807, 2.05) is 0 Å². The summed E-state index contributed by atoms with van der Waals surface area (Å²) < 4.78 is 30.5. The van der Waals surface area contributed by atoms with Crippen molar-refractivity contribution in [3.63, 3.8) is 0 Å². The highest BCUT2D eigenvalue weighted by Gasteiger charge is 2.18. The maximum atomic E-state index is 12.6. The number of rotatable bonds is 7. The number of benzene rings is 3. The maximum absolute atomic E-state index is 12.6. The van der Waals surface area contributed by atoms with Crippen LogP contribution in [0, 0.1) is 0 Å². The third kappa shape index (κ3) is 6.00. The predicted octanol–water partition coefficient (Wildman–Crippen LogP) is 3.18. The summed E-state index contributed by atoms with van der Waals surface area (Å²) in [4.78, 5) is 23.1. The average Bonchev–Trinajstić information content (AvgIpc) is 2.75. The Balaban J connectivity index is 1.73. The Morgan fingerprint density at radius 2 is 1.55 bits per heavy atom. The van der Waals surface area contributed by atoms with E-state index >= 15 is 0 Å². The van der Waals surface area contributed by atoms with Crippen LogP contribution < -0.4 is 14.9 Å². The van der Waals surface area contributed by atoms with Gasteiger partial charge in [-0.15, -0.1) is 0 Å². The van der Waals surface area contributed by atoms with Crippen molar-refractivity contribution in [3.05, 3.63) is 90.0 Å². The number of nitrogens with zero attached hydrogens (tertiary/aromatic N) is 1. The number of para-hydroxylation sites is 1. The minimum Gasteiger partial charge on any atom is -0.378 e. The molecule has 0 heterocycles. The summed E-state index contributed by atoms with van der Waals surface area (Å²) in [5, 5.41) is 6.44. The van der Waals surface area contributed by atoms with E-state index in [2.05, 4.69) is 15.8 Å². The second kappa shape index (κ2) is 9.68. The van der Waals surface area contributed by atoms with Gasteiger partial charge in [0.25, 0.3) is 5.91 Å². The van der Waals surface area contributed by atoms with Gasteiger partial charge in [-0.3, -0.25) is 9.59 Å². The molecule has 0 bridgehead atoms. The molecule has 2 N–H and O–H groups in total. The van der Waals surface area contributed by atoms with Gasteiger partial charge in [-0.05, 0) is 48.5 Å². The normalized spacial score (nSPS) is 11.1. The van der Waals surface area contributed by atoms with Crippen molar-refractivity contribution in [1.29, 1.82) is 0 Å². The van der Waals surface area contributed by atoms with Crippen LogP contribution >= 0.6 is 0 Å². The molecule has 0 saturated carbocycles. The summed E-state index contributed by atoms with van der Waals surface area (Å²) in [5.74, 6) is -0.618. The van der Waals surface area contributed by atoms with E-state index in [1.165, 1.54) is 43.5 Å². The Morgan fingerprint density at radius 3 is 2.23 bits per heavy atom. The van der Waals surface area contributed by atoms with Gasteiger partial charge in [0.2, 0.25) is 5.91 Å². The molecule has 8 nitrogen and oxygen atoms in total. The highest BCUT2D eigenvalue weighted by molar-refractivity contribution is 7.87. The van der Waals surface area contributed by atoms with Gasteiger partial charge >= 0.3 is 10.1 Å². The van der Waals surface area contributed by atoms with Crippen LogP contribution in [0.1, 0.15) is 22.8 Å². The summed E-state index contributed by atoms with van der Waals surface area (Å²) >= 11 is 0. The van der Waals surface area contributed by atoms with Crippen LogP contribution in [0.15, 0.2) is 88.9 Å². The smallest absolute Gasteiger partial charge is 0.339 e. The molecule has 3 aromatic rings. The first-order chi connectivity index (χ1) is 14.8. The summed E-state index contributed by atoms with van der Waals surface area (Å²) in [5.41, 5.74) is 3.64. The molecule has 0 aliphatic rings. The zero-order valence-corrected chi connectivity index (χ0v) is 17.3. The summed E-state index contributed by atoms with van der Waals surface area (Å²) in [6.45, 7) is 1.36. The number of hydrogen-bond acceptors (Lipinski definition) is 6. The molecule has 0 aliphatic carbocycles. The fourth-order valence-corrected chi connectivity index (χ4v) is 3.51. The first-order valence-electron chi connectivity index (χ1n) is 9.15. The molecule has 2 amide bonds. The van der Waals surface area contributed by atoms with Crippen LogP contribution in [0.25, 0.3) is 0 Å². The standard InChI is InChI=1S/C22H19N3O5S/c1-16(26)24-19-11-13-20(14-12-19)31(28,29)30-21-10-6-5-9-18(21)15-23-25-22(27)17-7-3-2-4-8-17/h2-15H,1H3,(H,24,26)(H,25,27)/b23-15-. The second-order valence-corrected chi connectivity index (χ2v) is 7.89. The summed E-state index contributed by atoms with van der Waals surface area (Å²) in [6.07, 6.45) is 1.30. The molecule has 3 rings (SSSR count). The van der Waals surface area contributed by atoms with E-state index in [1.54, 1.807) is 48.5 Å². The molecule has 0 atom stereocenters. The molecule has 0 aromatic heterocycles. The fourth-order valence-electron chi connectivity index (χ4n) is 2.55. The lowest BCUT2D eigenvalue weighted by atomic mass is 10.2. The van der Waals surface area contributed by atoms with Crippen molar-refractivity contribution in [2.24, 2.45) is 5.10 Å². The number of carbonyl (C=O) groups excluding carboxylic acids is 2. The van der Waals surface area contributed by atoms with E-state index in [9.17, 15) is 18.0 Å². The van der Waals surface area contributed by atoms with E-state index < -0.39 is 16.0 Å². The van der Waals surface area contributed by atoms with Crippen LogP contribution in [0.4, 0.5) is 5.69 Å². The molecule has 0 aliphatic heterocycles. The van der Waals surface area contributed by atoms with Crippen molar-refractivity contribution < 1.29 is 22.2 Å². The molecule has 0 spiro atoms. The van der Waals surface area contributed by atoms with E-state index in [4.69, 9.17) is 4.18 Å². The minimum absolute atomic E-state index is 0.0474. The van der Waals surface area contributed by atoms with Crippen molar-refractivity contribution in [3.8, 4) is 5.75 Å². The van der Waals surface area contributed by atoms with Crippen LogP contribution in [-0.2, 0) is 14.9 Å². The molecule has 9 heteroatoms.